The maximum absolute atomic E-state index is 6.13. The summed E-state index contributed by atoms with van der Waals surface area (Å²) in [6.07, 6.45) is 1.69. The van der Waals surface area contributed by atoms with Gasteiger partial charge < -0.3 is 4.52 Å². The lowest BCUT2D eigenvalue weighted by Gasteiger charge is -1.98. The van der Waals surface area contributed by atoms with Gasteiger partial charge in [0.15, 0.2) is 0 Å². The molecule has 0 aliphatic carbocycles. The number of rotatable bonds is 2. The molecule has 0 bridgehead atoms. The highest BCUT2D eigenvalue weighted by molar-refractivity contribution is 6.36. The zero-order valence-corrected chi connectivity index (χ0v) is 12.3. The van der Waals surface area contributed by atoms with Crippen LogP contribution in [0.15, 0.2) is 28.9 Å². The summed E-state index contributed by atoms with van der Waals surface area (Å²) in [5.41, 5.74) is 2.42. The summed E-state index contributed by atoms with van der Waals surface area (Å²) in [7, 11) is 1.85. The summed E-state index contributed by atoms with van der Waals surface area (Å²) < 4.78 is 7.02. The van der Waals surface area contributed by atoms with E-state index in [2.05, 4.69) is 15.2 Å². The number of benzene rings is 1. The van der Waals surface area contributed by atoms with Gasteiger partial charge in [0, 0.05) is 23.3 Å². The lowest BCUT2D eigenvalue weighted by atomic mass is 10.2. The molecule has 0 amide bonds. The molecule has 0 fully saturated rings. The van der Waals surface area contributed by atoms with Gasteiger partial charge in [0.2, 0.25) is 5.82 Å². The first-order valence-electron chi connectivity index (χ1n) is 5.84. The molecule has 0 atom stereocenters. The second-order valence-electron chi connectivity index (χ2n) is 4.31. The van der Waals surface area contributed by atoms with Crippen LogP contribution in [-0.4, -0.2) is 19.9 Å². The molecule has 2 aromatic heterocycles. The molecule has 0 radical (unpaired) electrons. The molecule has 0 saturated carbocycles. The van der Waals surface area contributed by atoms with Crippen LogP contribution in [0.2, 0.25) is 10.0 Å². The van der Waals surface area contributed by atoms with E-state index >= 15 is 0 Å². The van der Waals surface area contributed by atoms with Crippen molar-refractivity contribution in [2.75, 3.05) is 0 Å². The van der Waals surface area contributed by atoms with Gasteiger partial charge in [0.1, 0.15) is 0 Å². The van der Waals surface area contributed by atoms with Gasteiger partial charge in [0.05, 0.1) is 16.8 Å². The highest BCUT2D eigenvalue weighted by atomic mass is 35.5. The predicted octanol–water partition coefficient (Wildman–Crippen LogP) is 3.75. The van der Waals surface area contributed by atoms with Crippen molar-refractivity contribution in [3.05, 3.63) is 40.1 Å². The molecule has 0 saturated heterocycles. The second-order valence-corrected chi connectivity index (χ2v) is 5.16. The smallest absolute Gasteiger partial charge is 0.261 e. The first kappa shape index (κ1) is 13.1. The second kappa shape index (κ2) is 4.92. The zero-order chi connectivity index (χ0) is 14.3. The summed E-state index contributed by atoms with van der Waals surface area (Å²) in [5, 5.41) is 9.14. The van der Waals surface area contributed by atoms with Crippen LogP contribution in [-0.2, 0) is 7.05 Å². The topological polar surface area (TPSA) is 56.7 Å². The minimum atomic E-state index is 0.414. The average Bonchev–Trinajstić information content (AvgIpc) is 2.98. The van der Waals surface area contributed by atoms with Gasteiger partial charge in [0.25, 0.3) is 5.89 Å². The Labute approximate surface area is 125 Å². The molecule has 0 aliphatic rings. The summed E-state index contributed by atoms with van der Waals surface area (Å²) in [6, 6.07) is 5.13. The van der Waals surface area contributed by atoms with E-state index in [1.807, 2.05) is 14.0 Å². The van der Waals surface area contributed by atoms with Crippen LogP contribution in [0.4, 0.5) is 0 Å². The van der Waals surface area contributed by atoms with E-state index in [9.17, 15) is 0 Å². The molecule has 0 unspecified atom stereocenters. The number of nitrogens with zero attached hydrogens (tertiary/aromatic N) is 4. The third-order valence-electron chi connectivity index (χ3n) is 3.06. The molecule has 2 heterocycles. The fourth-order valence-corrected chi connectivity index (χ4v) is 2.31. The molecule has 0 N–H and O–H groups in total. The Morgan fingerprint density at radius 1 is 1.20 bits per heavy atom. The van der Waals surface area contributed by atoms with E-state index in [1.54, 1.807) is 29.1 Å². The quantitative estimate of drug-likeness (QED) is 0.723. The molecule has 20 heavy (non-hydrogen) atoms. The number of hydrogen-bond donors (Lipinski definition) is 0. The summed E-state index contributed by atoms with van der Waals surface area (Å²) in [6.45, 7) is 1.93. The Balaban J connectivity index is 2.04. The summed E-state index contributed by atoms with van der Waals surface area (Å²) >= 11 is 12.0. The van der Waals surface area contributed by atoms with Crippen LogP contribution in [0.3, 0.4) is 0 Å². The van der Waals surface area contributed by atoms with Crippen molar-refractivity contribution in [3.63, 3.8) is 0 Å². The van der Waals surface area contributed by atoms with E-state index in [4.69, 9.17) is 27.7 Å². The molecule has 0 aliphatic heterocycles. The van der Waals surface area contributed by atoms with Gasteiger partial charge in [-0.1, -0.05) is 28.4 Å². The molecule has 0 spiro atoms. The van der Waals surface area contributed by atoms with Crippen molar-refractivity contribution in [3.8, 4) is 22.8 Å². The first-order chi connectivity index (χ1) is 9.56. The molecular weight excluding hydrogens is 299 g/mol. The van der Waals surface area contributed by atoms with Crippen LogP contribution >= 0.6 is 23.2 Å². The number of aromatic nitrogens is 4. The van der Waals surface area contributed by atoms with Crippen LogP contribution in [0.1, 0.15) is 5.69 Å². The third kappa shape index (κ3) is 2.19. The van der Waals surface area contributed by atoms with Crippen molar-refractivity contribution in [1.29, 1.82) is 0 Å². The largest absolute Gasteiger partial charge is 0.333 e. The molecule has 3 rings (SSSR count). The SMILES string of the molecule is Cc1c(-c2nc(-c3ccc(Cl)cc3Cl)no2)cnn1C. The zero-order valence-electron chi connectivity index (χ0n) is 10.8. The van der Waals surface area contributed by atoms with Gasteiger partial charge in [-0.3, -0.25) is 4.68 Å². The summed E-state index contributed by atoms with van der Waals surface area (Å²) in [4.78, 5) is 4.36. The third-order valence-corrected chi connectivity index (χ3v) is 3.61. The van der Waals surface area contributed by atoms with Gasteiger partial charge in [-0.2, -0.15) is 10.1 Å². The van der Waals surface area contributed by atoms with Gasteiger partial charge in [-0.05, 0) is 25.1 Å². The average molecular weight is 309 g/mol. The van der Waals surface area contributed by atoms with Crippen LogP contribution in [0.25, 0.3) is 22.8 Å². The van der Waals surface area contributed by atoms with Crippen molar-refractivity contribution in [2.45, 2.75) is 6.92 Å². The van der Waals surface area contributed by atoms with Crippen molar-refractivity contribution >= 4 is 23.2 Å². The fourth-order valence-electron chi connectivity index (χ4n) is 1.82. The molecule has 102 valence electrons. The number of halogens is 2. The van der Waals surface area contributed by atoms with Gasteiger partial charge >= 0.3 is 0 Å². The Morgan fingerprint density at radius 3 is 2.65 bits per heavy atom. The van der Waals surface area contributed by atoms with Crippen molar-refractivity contribution in [1.82, 2.24) is 19.9 Å². The first-order valence-corrected chi connectivity index (χ1v) is 6.60. The van der Waals surface area contributed by atoms with Gasteiger partial charge in [-0.15, -0.1) is 0 Å². The Bertz CT molecular complexity index is 779. The van der Waals surface area contributed by atoms with E-state index in [0.29, 0.717) is 27.3 Å². The lowest BCUT2D eigenvalue weighted by molar-refractivity contribution is 0.432. The minimum absolute atomic E-state index is 0.414. The summed E-state index contributed by atoms with van der Waals surface area (Å²) in [5.74, 6) is 0.835. The van der Waals surface area contributed by atoms with E-state index < -0.39 is 0 Å². The van der Waals surface area contributed by atoms with Crippen LogP contribution in [0, 0.1) is 6.92 Å². The highest BCUT2D eigenvalue weighted by Gasteiger charge is 2.16. The molecular formula is C13H10Cl2N4O. The van der Waals surface area contributed by atoms with Crippen LogP contribution in [0.5, 0.6) is 0 Å². The van der Waals surface area contributed by atoms with Crippen LogP contribution < -0.4 is 0 Å². The standard InChI is InChI=1S/C13H10Cl2N4O/c1-7-10(6-16-19(7)2)13-17-12(18-20-13)9-4-3-8(14)5-11(9)15/h3-6H,1-2H3. The Hall–Kier alpha value is -1.85. The maximum Gasteiger partial charge on any atom is 0.261 e. The number of aryl methyl sites for hydroxylation is 1. The molecule has 3 aromatic rings. The Morgan fingerprint density at radius 2 is 2.00 bits per heavy atom. The van der Waals surface area contributed by atoms with E-state index in [1.165, 1.54) is 0 Å². The highest BCUT2D eigenvalue weighted by Crippen LogP contribution is 2.30. The van der Waals surface area contributed by atoms with Crippen molar-refractivity contribution < 1.29 is 4.52 Å². The Kier molecular flexibility index (Phi) is 3.23. The number of hydrogen-bond acceptors (Lipinski definition) is 4. The monoisotopic (exact) mass is 308 g/mol. The van der Waals surface area contributed by atoms with Crippen molar-refractivity contribution in [2.24, 2.45) is 7.05 Å². The van der Waals surface area contributed by atoms with Gasteiger partial charge in [-0.25, -0.2) is 0 Å². The van der Waals surface area contributed by atoms with E-state index in [0.717, 1.165) is 11.3 Å². The molecule has 1 aromatic carbocycles. The maximum atomic E-state index is 6.13. The van der Waals surface area contributed by atoms with E-state index in [-0.39, 0.29) is 0 Å². The normalized spacial score (nSPS) is 11.0. The molecule has 7 heteroatoms. The molecule has 5 nitrogen and oxygen atoms in total. The fraction of sp³-hybridized carbons (Fsp3) is 0.154. The predicted molar refractivity (Wildman–Crippen MR) is 76.7 cm³/mol. The minimum Gasteiger partial charge on any atom is -0.333 e. The lowest BCUT2D eigenvalue weighted by Crippen LogP contribution is -1.92.